The molecule has 0 aliphatic heterocycles. The lowest BCUT2D eigenvalue weighted by Gasteiger charge is -2.14. The maximum Gasteiger partial charge on any atom is 0.252 e. The summed E-state index contributed by atoms with van der Waals surface area (Å²) in [5, 5.41) is 3.24. The highest BCUT2D eigenvalue weighted by atomic mass is 32.2. The number of nitrogens with one attached hydrogen (secondary N) is 1. The molecule has 1 aromatic heterocycles. The van der Waals surface area contributed by atoms with Gasteiger partial charge < -0.3 is 5.32 Å². The number of thiophene rings is 1. The summed E-state index contributed by atoms with van der Waals surface area (Å²) in [6, 6.07) is 3.89. The van der Waals surface area contributed by atoms with Crippen LogP contribution in [0.15, 0.2) is 16.3 Å². The van der Waals surface area contributed by atoms with Crippen molar-refractivity contribution in [2.75, 3.05) is 20.1 Å². The Hall–Kier alpha value is -0.430. The van der Waals surface area contributed by atoms with Gasteiger partial charge in [-0.3, -0.25) is 0 Å². The second-order valence-corrected chi connectivity index (χ2v) is 7.97. The Balaban J connectivity index is 2.04. The Labute approximate surface area is 113 Å². The van der Waals surface area contributed by atoms with Crippen LogP contribution < -0.4 is 5.32 Å². The van der Waals surface area contributed by atoms with Crippen molar-refractivity contribution in [1.29, 1.82) is 0 Å². The van der Waals surface area contributed by atoms with Crippen molar-refractivity contribution in [2.45, 2.75) is 36.4 Å². The number of rotatable bonds is 7. The summed E-state index contributed by atoms with van der Waals surface area (Å²) in [7, 11) is -1.57. The van der Waals surface area contributed by atoms with Crippen LogP contribution in [0.1, 0.15) is 24.6 Å². The van der Waals surface area contributed by atoms with Gasteiger partial charge in [-0.1, -0.05) is 6.92 Å². The molecule has 2 rings (SSSR count). The second kappa shape index (κ2) is 5.69. The molecule has 1 aliphatic carbocycles. The van der Waals surface area contributed by atoms with Crippen molar-refractivity contribution in [3.05, 3.63) is 17.0 Å². The summed E-state index contributed by atoms with van der Waals surface area (Å²) in [4.78, 5) is 1.12. The molecule has 102 valence electrons. The summed E-state index contributed by atoms with van der Waals surface area (Å²) < 4.78 is 26.6. The Kier molecular flexibility index (Phi) is 4.42. The quantitative estimate of drug-likeness (QED) is 0.777. The summed E-state index contributed by atoms with van der Waals surface area (Å²) in [5.74, 6) is 0. The summed E-state index contributed by atoms with van der Waals surface area (Å²) in [6.07, 6.45) is 2.88. The minimum absolute atomic E-state index is 0.224. The molecule has 0 amide bonds. The number of nitrogens with zero attached hydrogens (tertiary/aromatic N) is 1. The third-order valence-electron chi connectivity index (χ3n) is 3.13. The highest BCUT2D eigenvalue weighted by Crippen LogP contribution is 2.32. The minimum atomic E-state index is -3.25. The molecule has 1 aromatic rings. The van der Waals surface area contributed by atoms with Crippen molar-refractivity contribution in [1.82, 2.24) is 9.62 Å². The van der Waals surface area contributed by atoms with Crippen LogP contribution in [0, 0.1) is 0 Å². The van der Waals surface area contributed by atoms with Crippen molar-refractivity contribution in [3.63, 3.8) is 0 Å². The van der Waals surface area contributed by atoms with Crippen molar-refractivity contribution >= 4 is 21.4 Å². The van der Waals surface area contributed by atoms with Crippen LogP contribution in [0.25, 0.3) is 0 Å². The fraction of sp³-hybridized carbons (Fsp3) is 0.667. The van der Waals surface area contributed by atoms with E-state index >= 15 is 0 Å². The van der Waals surface area contributed by atoms with Crippen LogP contribution in [-0.4, -0.2) is 38.9 Å². The first kappa shape index (κ1) is 14.0. The molecule has 1 fully saturated rings. The van der Waals surface area contributed by atoms with Gasteiger partial charge in [0.15, 0.2) is 0 Å². The predicted octanol–water partition coefficient (Wildman–Crippen LogP) is 1.68. The first-order valence-electron chi connectivity index (χ1n) is 6.33. The first-order chi connectivity index (χ1) is 8.55. The third-order valence-corrected chi connectivity index (χ3v) is 6.65. The molecule has 0 radical (unpaired) electrons. The van der Waals surface area contributed by atoms with E-state index in [0.717, 1.165) is 37.2 Å². The molecule has 1 saturated carbocycles. The van der Waals surface area contributed by atoms with E-state index < -0.39 is 10.0 Å². The van der Waals surface area contributed by atoms with Crippen molar-refractivity contribution in [2.24, 2.45) is 0 Å². The molecule has 0 bridgehead atoms. The SMILES string of the molecule is CCNCCc1ccc(S(=O)(=O)N(C)C2CC2)s1. The highest BCUT2D eigenvalue weighted by molar-refractivity contribution is 7.91. The molecule has 0 saturated heterocycles. The van der Waals surface area contributed by atoms with Crippen LogP contribution >= 0.6 is 11.3 Å². The fourth-order valence-corrected chi connectivity index (χ4v) is 4.75. The monoisotopic (exact) mass is 288 g/mol. The van der Waals surface area contributed by atoms with Gasteiger partial charge in [0.05, 0.1) is 0 Å². The average Bonchev–Trinajstić information content (AvgIpc) is 3.07. The highest BCUT2D eigenvalue weighted by Gasteiger charge is 2.35. The van der Waals surface area contributed by atoms with E-state index in [2.05, 4.69) is 12.2 Å². The van der Waals surface area contributed by atoms with Gasteiger partial charge in [-0.25, -0.2) is 8.42 Å². The van der Waals surface area contributed by atoms with Crippen molar-refractivity contribution in [3.8, 4) is 0 Å². The summed E-state index contributed by atoms with van der Waals surface area (Å²) in [5.41, 5.74) is 0. The molecular weight excluding hydrogens is 268 g/mol. The Morgan fingerprint density at radius 1 is 1.44 bits per heavy atom. The predicted molar refractivity (Wildman–Crippen MR) is 74.5 cm³/mol. The molecule has 0 atom stereocenters. The van der Waals surface area contributed by atoms with E-state index in [9.17, 15) is 8.42 Å². The number of likely N-dealkylation sites (N-methyl/N-ethyl adjacent to an activating group) is 1. The molecule has 18 heavy (non-hydrogen) atoms. The molecule has 0 spiro atoms. The summed E-state index contributed by atoms with van der Waals surface area (Å²) >= 11 is 1.39. The van der Waals surface area contributed by atoms with E-state index in [4.69, 9.17) is 0 Å². The van der Waals surface area contributed by atoms with Gasteiger partial charge in [-0.15, -0.1) is 11.3 Å². The van der Waals surface area contributed by atoms with Gasteiger partial charge in [-0.05, 0) is 44.5 Å². The van der Waals surface area contributed by atoms with E-state index in [-0.39, 0.29) is 6.04 Å². The average molecular weight is 288 g/mol. The Morgan fingerprint density at radius 2 is 2.17 bits per heavy atom. The second-order valence-electron chi connectivity index (χ2n) is 4.58. The van der Waals surface area contributed by atoms with Crippen LogP contribution in [0.2, 0.25) is 0 Å². The number of hydrogen-bond acceptors (Lipinski definition) is 4. The summed E-state index contributed by atoms with van der Waals surface area (Å²) in [6.45, 7) is 3.91. The maximum absolute atomic E-state index is 12.3. The molecule has 0 aromatic carbocycles. The van der Waals surface area contributed by atoms with Gasteiger partial charge in [0.25, 0.3) is 10.0 Å². The van der Waals surface area contributed by atoms with Gasteiger partial charge >= 0.3 is 0 Å². The lowest BCUT2D eigenvalue weighted by molar-refractivity contribution is 0.466. The van der Waals surface area contributed by atoms with Crippen LogP contribution in [0.5, 0.6) is 0 Å². The molecular formula is C12H20N2O2S2. The normalized spacial score (nSPS) is 16.4. The Bertz CT molecular complexity index is 492. The van der Waals surface area contributed by atoms with E-state index in [1.807, 2.05) is 6.07 Å². The first-order valence-corrected chi connectivity index (χ1v) is 8.59. The number of hydrogen-bond donors (Lipinski definition) is 1. The molecule has 0 unspecified atom stereocenters. The molecule has 1 N–H and O–H groups in total. The number of sulfonamides is 1. The largest absolute Gasteiger partial charge is 0.317 e. The van der Waals surface area contributed by atoms with Crippen LogP contribution in [0.3, 0.4) is 0 Å². The van der Waals surface area contributed by atoms with Crippen LogP contribution in [-0.2, 0) is 16.4 Å². The lowest BCUT2D eigenvalue weighted by Crippen LogP contribution is -2.28. The smallest absolute Gasteiger partial charge is 0.252 e. The Morgan fingerprint density at radius 3 is 2.78 bits per heavy atom. The van der Waals surface area contributed by atoms with E-state index in [0.29, 0.717) is 4.21 Å². The van der Waals surface area contributed by atoms with Gasteiger partial charge in [0.1, 0.15) is 4.21 Å². The van der Waals surface area contributed by atoms with Gasteiger partial charge in [-0.2, -0.15) is 4.31 Å². The zero-order chi connectivity index (χ0) is 13.2. The lowest BCUT2D eigenvalue weighted by atomic mass is 10.3. The third kappa shape index (κ3) is 3.12. The molecule has 6 heteroatoms. The maximum atomic E-state index is 12.3. The fourth-order valence-electron chi connectivity index (χ4n) is 1.80. The van der Waals surface area contributed by atoms with Crippen molar-refractivity contribution < 1.29 is 8.42 Å². The molecule has 1 heterocycles. The minimum Gasteiger partial charge on any atom is -0.317 e. The zero-order valence-electron chi connectivity index (χ0n) is 10.8. The van der Waals surface area contributed by atoms with Gasteiger partial charge in [0, 0.05) is 18.0 Å². The standard InChI is InChI=1S/C12H20N2O2S2/c1-3-13-9-8-11-6-7-12(17-11)18(15,16)14(2)10-4-5-10/h6-7,10,13H,3-5,8-9H2,1-2H3. The molecule has 1 aliphatic rings. The van der Waals surface area contributed by atoms with Gasteiger partial charge in [0.2, 0.25) is 0 Å². The zero-order valence-corrected chi connectivity index (χ0v) is 12.5. The van der Waals surface area contributed by atoms with E-state index in [1.165, 1.54) is 15.6 Å². The molecule has 4 nitrogen and oxygen atoms in total. The van der Waals surface area contributed by atoms with Crippen LogP contribution in [0.4, 0.5) is 0 Å². The van der Waals surface area contributed by atoms with E-state index in [1.54, 1.807) is 13.1 Å². The topological polar surface area (TPSA) is 49.4 Å².